The minimum Gasteiger partial charge on any atom is -0.358 e. The zero-order valence-electron chi connectivity index (χ0n) is 13.1. The summed E-state index contributed by atoms with van der Waals surface area (Å²) in [5.74, 6) is -2.02. The maximum Gasteiger partial charge on any atom is 0.416 e. The van der Waals surface area contributed by atoms with Gasteiger partial charge in [0.2, 0.25) is 0 Å². The van der Waals surface area contributed by atoms with E-state index in [0.29, 0.717) is 12.1 Å². The van der Waals surface area contributed by atoms with Gasteiger partial charge in [-0.1, -0.05) is 0 Å². The molecule has 1 aliphatic heterocycles. The second-order valence-electron chi connectivity index (χ2n) is 5.37. The van der Waals surface area contributed by atoms with E-state index in [2.05, 4.69) is 16.0 Å². The van der Waals surface area contributed by atoms with E-state index in [0.717, 1.165) is 6.20 Å². The number of nitrogens with one attached hydrogen (secondary N) is 4. The van der Waals surface area contributed by atoms with Gasteiger partial charge >= 0.3 is 12.4 Å². The van der Waals surface area contributed by atoms with Crippen LogP contribution in [0.1, 0.15) is 16.7 Å². The highest BCUT2D eigenvalue weighted by Crippen LogP contribution is 2.36. The fourth-order valence-electron chi connectivity index (χ4n) is 2.16. The van der Waals surface area contributed by atoms with Crippen LogP contribution in [0.25, 0.3) is 0 Å². The number of alkyl halides is 6. The van der Waals surface area contributed by atoms with E-state index in [1.807, 2.05) is 0 Å². The fourth-order valence-corrected chi connectivity index (χ4v) is 2.16. The van der Waals surface area contributed by atoms with Crippen molar-refractivity contribution in [2.45, 2.75) is 25.2 Å². The van der Waals surface area contributed by atoms with Gasteiger partial charge in [-0.3, -0.25) is 20.1 Å². The molecule has 27 heavy (non-hydrogen) atoms. The molecule has 5 N–H and O–H groups in total. The van der Waals surface area contributed by atoms with E-state index < -0.39 is 53.7 Å². The van der Waals surface area contributed by atoms with Crippen molar-refractivity contribution in [2.75, 3.05) is 0 Å². The Morgan fingerprint density at radius 2 is 1.63 bits per heavy atom. The molecule has 0 fully saturated rings. The maximum atomic E-state index is 12.8. The largest absolute Gasteiger partial charge is 0.416 e. The summed E-state index contributed by atoms with van der Waals surface area (Å²) in [6.07, 6.45) is -10.1. The lowest BCUT2D eigenvalue weighted by Crippen LogP contribution is -2.57. The number of amides is 2. The molecule has 2 rings (SSSR count). The van der Waals surface area contributed by atoms with Crippen LogP contribution in [0.2, 0.25) is 0 Å². The summed E-state index contributed by atoms with van der Waals surface area (Å²) < 4.78 is 76.9. The molecule has 1 aliphatic rings. The van der Waals surface area contributed by atoms with Gasteiger partial charge in [0.1, 0.15) is 5.57 Å². The molecule has 0 saturated heterocycles. The van der Waals surface area contributed by atoms with Gasteiger partial charge in [0.25, 0.3) is 11.8 Å². The first kappa shape index (κ1) is 20.5. The van der Waals surface area contributed by atoms with E-state index in [-0.39, 0.29) is 11.6 Å². The number of hydrogen-bond acceptors (Lipinski definition) is 5. The highest BCUT2D eigenvalue weighted by atomic mass is 19.4. The molecular formula is C14H12F6N4O3. The molecule has 13 heteroatoms. The molecule has 0 bridgehead atoms. The number of rotatable bonds is 4. The normalized spacial score (nSPS) is 17.7. The summed E-state index contributed by atoms with van der Waals surface area (Å²) in [4.78, 5) is 22.8. The lowest BCUT2D eigenvalue weighted by molar-refractivity contribution is -0.143. The van der Waals surface area contributed by atoms with Crippen LogP contribution in [-0.2, 0) is 28.5 Å². The van der Waals surface area contributed by atoms with Gasteiger partial charge in [-0.25, -0.2) is 5.48 Å². The third-order valence-corrected chi connectivity index (χ3v) is 3.42. The number of hydroxylamine groups is 1. The van der Waals surface area contributed by atoms with Crippen LogP contribution < -0.4 is 21.4 Å². The van der Waals surface area contributed by atoms with Gasteiger partial charge in [-0.05, 0) is 23.8 Å². The van der Waals surface area contributed by atoms with Gasteiger partial charge < -0.3 is 10.6 Å². The van der Waals surface area contributed by atoms with E-state index in [1.54, 1.807) is 0 Å². The summed E-state index contributed by atoms with van der Waals surface area (Å²) in [6.45, 7) is -0.458. The summed E-state index contributed by atoms with van der Waals surface area (Å²) in [6, 6.07) is 1.10. The predicted molar refractivity (Wildman–Crippen MR) is 76.4 cm³/mol. The number of benzene rings is 1. The first-order valence-corrected chi connectivity index (χ1v) is 7.15. The molecule has 148 valence electrons. The standard InChI is InChI=1S/C14H12F6N4O3/c15-13(16,17)7-1-6(2-8(3-7)14(18,19)20)4-21-12-22-5-9(10(25)23-12)11(26)24-27/h1-3,5,12,21-22,27H,4H2,(H,23,25)(H,24,26). The Balaban J connectivity index is 2.15. The lowest BCUT2D eigenvalue weighted by atomic mass is 10.0. The van der Waals surface area contributed by atoms with Crippen molar-refractivity contribution in [3.8, 4) is 0 Å². The van der Waals surface area contributed by atoms with Crippen molar-refractivity contribution in [2.24, 2.45) is 0 Å². The molecular weight excluding hydrogens is 386 g/mol. The fraction of sp³-hybridized carbons (Fsp3) is 0.286. The van der Waals surface area contributed by atoms with Crippen LogP contribution in [0.15, 0.2) is 30.0 Å². The number of hydrogen-bond donors (Lipinski definition) is 5. The molecule has 1 heterocycles. The third-order valence-electron chi connectivity index (χ3n) is 3.42. The van der Waals surface area contributed by atoms with Crippen molar-refractivity contribution in [1.82, 2.24) is 21.4 Å². The van der Waals surface area contributed by atoms with Gasteiger partial charge in [-0.15, -0.1) is 0 Å². The molecule has 0 aliphatic carbocycles. The van der Waals surface area contributed by atoms with Crippen LogP contribution in [0.4, 0.5) is 26.3 Å². The summed E-state index contributed by atoms with van der Waals surface area (Å²) >= 11 is 0. The average Bonchev–Trinajstić information content (AvgIpc) is 2.57. The van der Waals surface area contributed by atoms with Crippen molar-refractivity contribution < 1.29 is 41.1 Å². The minimum atomic E-state index is -4.97. The SMILES string of the molecule is O=C(NO)C1=CNC(NCc2cc(C(F)(F)F)cc(C(F)(F)F)c2)NC1=O. The molecule has 0 saturated carbocycles. The van der Waals surface area contributed by atoms with Crippen molar-refractivity contribution in [1.29, 1.82) is 0 Å². The number of halogens is 6. The number of carbonyl (C=O) groups is 2. The Morgan fingerprint density at radius 1 is 1.07 bits per heavy atom. The van der Waals surface area contributed by atoms with Crippen molar-refractivity contribution in [3.63, 3.8) is 0 Å². The Kier molecular flexibility index (Phi) is 5.65. The van der Waals surface area contributed by atoms with E-state index >= 15 is 0 Å². The zero-order valence-corrected chi connectivity index (χ0v) is 13.1. The highest BCUT2D eigenvalue weighted by molar-refractivity contribution is 6.18. The molecule has 2 amide bonds. The molecule has 0 radical (unpaired) electrons. The quantitative estimate of drug-likeness (QED) is 0.227. The Morgan fingerprint density at radius 3 is 2.07 bits per heavy atom. The van der Waals surface area contributed by atoms with Crippen molar-refractivity contribution >= 4 is 11.8 Å². The van der Waals surface area contributed by atoms with E-state index in [1.165, 1.54) is 5.48 Å². The van der Waals surface area contributed by atoms with Crippen LogP contribution in [0, 0.1) is 0 Å². The third kappa shape index (κ3) is 5.10. The van der Waals surface area contributed by atoms with Crippen LogP contribution in [0.5, 0.6) is 0 Å². The summed E-state index contributed by atoms with van der Waals surface area (Å²) in [7, 11) is 0. The Labute approximate surface area is 147 Å². The highest BCUT2D eigenvalue weighted by Gasteiger charge is 2.37. The summed E-state index contributed by atoms with van der Waals surface area (Å²) in [5, 5.41) is 15.6. The molecule has 1 atom stereocenters. The number of carbonyl (C=O) groups excluding carboxylic acids is 2. The monoisotopic (exact) mass is 398 g/mol. The van der Waals surface area contributed by atoms with Gasteiger partial charge in [0.05, 0.1) is 11.1 Å². The lowest BCUT2D eigenvalue weighted by Gasteiger charge is -2.25. The zero-order chi connectivity index (χ0) is 20.4. The predicted octanol–water partition coefficient (Wildman–Crippen LogP) is 1.21. The molecule has 0 aromatic heterocycles. The molecule has 7 nitrogen and oxygen atoms in total. The van der Waals surface area contributed by atoms with Gasteiger partial charge in [0, 0.05) is 12.7 Å². The second-order valence-corrected chi connectivity index (χ2v) is 5.37. The first-order chi connectivity index (χ1) is 12.4. The average molecular weight is 398 g/mol. The molecule has 1 aromatic rings. The van der Waals surface area contributed by atoms with Crippen LogP contribution >= 0.6 is 0 Å². The Hall–Kier alpha value is -2.80. The van der Waals surface area contributed by atoms with Gasteiger partial charge in [0.15, 0.2) is 6.29 Å². The topological polar surface area (TPSA) is 102 Å². The molecule has 1 aromatic carbocycles. The maximum absolute atomic E-state index is 12.8. The first-order valence-electron chi connectivity index (χ1n) is 7.15. The van der Waals surface area contributed by atoms with Crippen molar-refractivity contribution in [3.05, 3.63) is 46.7 Å². The molecule has 0 spiro atoms. The summed E-state index contributed by atoms with van der Waals surface area (Å²) in [5.41, 5.74) is -2.49. The Bertz CT molecular complexity index is 743. The smallest absolute Gasteiger partial charge is 0.358 e. The second kappa shape index (κ2) is 7.44. The van der Waals surface area contributed by atoms with E-state index in [4.69, 9.17) is 5.21 Å². The van der Waals surface area contributed by atoms with Crippen LogP contribution in [-0.4, -0.2) is 23.3 Å². The minimum absolute atomic E-state index is 0.00660. The van der Waals surface area contributed by atoms with E-state index in [9.17, 15) is 35.9 Å². The van der Waals surface area contributed by atoms with Crippen LogP contribution in [0.3, 0.4) is 0 Å². The molecule has 1 unspecified atom stereocenters. The van der Waals surface area contributed by atoms with Gasteiger partial charge in [-0.2, -0.15) is 26.3 Å².